The number of hydrogen-bond acceptors (Lipinski definition) is 5. The van der Waals surface area contributed by atoms with Crippen molar-refractivity contribution >= 4 is 43.9 Å². The Morgan fingerprint density at radius 3 is 2.44 bits per heavy atom. The third-order valence-electron chi connectivity index (χ3n) is 5.62. The standard InChI is InChI=1S/C23H25N3O4S2/c1-17(24-21(27)16-19-8-4-7-18-6-2-3-9-20(18)19)23(28)25-11-13-26(14-12-25)32(29,30)22-10-5-15-31-22/h2-10,15,17H,11-14,16H2,1H3,(H,24,27). The van der Waals surface area contributed by atoms with Crippen LogP contribution in [0, 0.1) is 0 Å². The van der Waals surface area contributed by atoms with E-state index in [1.165, 1.54) is 15.6 Å². The molecule has 0 saturated carbocycles. The van der Waals surface area contributed by atoms with E-state index in [-0.39, 0.29) is 31.3 Å². The molecule has 1 aromatic heterocycles. The van der Waals surface area contributed by atoms with Crippen LogP contribution < -0.4 is 5.32 Å². The van der Waals surface area contributed by atoms with Gasteiger partial charge in [-0.1, -0.05) is 48.5 Å². The van der Waals surface area contributed by atoms with Crippen LogP contribution in [0.4, 0.5) is 0 Å². The first-order chi connectivity index (χ1) is 15.4. The van der Waals surface area contributed by atoms with Gasteiger partial charge in [0.25, 0.3) is 10.0 Å². The predicted molar refractivity (Wildman–Crippen MR) is 125 cm³/mol. The zero-order valence-corrected chi connectivity index (χ0v) is 19.4. The quantitative estimate of drug-likeness (QED) is 0.598. The van der Waals surface area contributed by atoms with Crippen LogP contribution in [-0.4, -0.2) is 61.7 Å². The number of nitrogens with zero attached hydrogens (tertiary/aromatic N) is 2. The highest BCUT2D eigenvalue weighted by Gasteiger charge is 2.32. The van der Waals surface area contributed by atoms with Crippen molar-refractivity contribution in [2.45, 2.75) is 23.6 Å². The highest BCUT2D eigenvalue weighted by Crippen LogP contribution is 2.22. The van der Waals surface area contributed by atoms with Gasteiger partial charge in [-0.2, -0.15) is 4.31 Å². The number of amides is 2. The Morgan fingerprint density at radius 2 is 1.72 bits per heavy atom. The molecule has 9 heteroatoms. The van der Waals surface area contributed by atoms with Crippen LogP contribution in [0.1, 0.15) is 12.5 Å². The number of nitrogens with one attached hydrogen (secondary N) is 1. The maximum atomic E-state index is 12.8. The lowest BCUT2D eigenvalue weighted by atomic mass is 10.0. The molecule has 2 amide bonds. The van der Waals surface area contributed by atoms with E-state index in [9.17, 15) is 18.0 Å². The topological polar surface area (TPSA) is 86.8 Å². The molecule has 2 heterocycles. The van der Waals surface area contributed by atoms with E-state index in [4.69, 9.17) is 0 Å². The monoisotopic (exact) mass is 471 g/mol. The Morgan fingerprint density at radius 1 is 1.00 bits per heavy atom. The molecule has 1 saturated heterocycles. The van der Waals surface area contributed by atoms with Gasteiger partial charge in [-0.25, -0.2) is 8.42 Å². The van der Waals surface area contributed by atoms with Gasteiger partial charge in [0, 0.05) is 26.2 Å². The van der Waals surface area contributed by atoms with E-state index >= 15 is 0 Å². The lowest BCUT2D eigenvalue weighted by Gasteiger charge is -2.35. The van der Waals surface area contributed by atoms with E-state index in [2.05, 4.69) is 5.32 Å². The third kappa shape index (κ3) is 4.69. The van der Waals surface area contributed by atoms with Gasteiger partial charge >= 0.3 is 0 Å². The molecule has 168 valence electrons. The first-order valence-electron chi connectivity index (χ1n) is 10.4. The number of carbonyl (C=O) groups is 2. The lowest BCUT2D eigenvalue weighted by Crippen LogP contribution is -2.55. The van der Waals surface area contributed by atoms with Gasteiger partial charge in [0.05, 0.1) is 6.42 Å². The molecule has 32 heavy (non-hydrogen) atoms. The molecule has 0 radical (unpaired) electrons. The van der Waals surface area contributed by atoms with Crippen molar-refractivity contribution in [1.82, 2.24) is 14.5 Å². The molecule has 3 aromatic rings. The molecule has 7 nitrogen and oxygen atoms in total. The first-order valence-corrected chi connectivity index (χ1v) is 12.8. The number of thiophene rings is 1. The molecule has 1 N–H and O–H groups in total. The van der Waals surface area contributed by atoms with Gasteiger partial charge in [-0.15, -0.1) is 11.3 Å². The number of benzene rings is 2. The SMILES string of the molecule is CC(NC(=O)Cc1cccc2ccccc12)C(=O)N1CCN(S(=O)(=O)c2cccs2)CC1. The number of sulfonamides is 1. The minimum atomic E-state index is -3.52. The van der Waals surface area contributed by atoms with Crippen LogP contribution >= 0.6 is 11.3 Å². The molecule has 0 spiro atoms. The lowest BCUT2D eigenvalue weighted by molar-refractivity contribution is -0.136. The maximum absolute atomic E-state index is 12.8. The summed E-state index contributed by atoms with van der Waals surface area (Å²) in [5.41, 5.74) is 0.910. The molecule has 1 atom stereocenters. The summed E-state index contributed by atoms with van der Waals surface area (Å²) in [4.78, 5) is 27.0. The Hall–Kier alpha value is -2.75. The normalized spacial score (nSPS) is 16.1. The molecule has 1 aliphatic heterocycles. The van der Waals surface area contributed by atoms with Gasteiger partial charge in [0.15, 0.2) is 0 Å². The number of hydrogen-bond donors (Lipinski definition) is 1. The highest BCUT2D eigenvalue weighted by atomic mass is 32.2. The zero-order valence-electron chi connectivity index (χ0n) is 17.7. The van der Waals surface area contributed by atoms with Crippen LogP contribution in [0.5, 0.6) is 0 Å². The fourth-order valence-electron chi connectivity index (χ4n) is 3.93. The Labute approximate surface area is 191 Å². The summed E-state index contributed by atoms with van der Waals surface area (Å²) in [5.74, 6) is -0.425. The maximum Gasteiger partial charge on any atom is 0.252 e. The summed E-state index contributed by atoms with van der Waals surface area (Å²) in [5, 5.41) is 6.61. The van der Waals surface area contributed by atoms with E-state index in [0.29, 0.717) is 17.3 Å². The van der Waals surface area contributed by atoms with Crippen molar-refractivity contribution in [1.29, 1.82) is 0 Å². The largest absolute Gasteiger partial charge is 0.344 e. The van der Waals surface area contributed by atoms with Crippen molar-refractivity contribution < 1.29 is 18.0 Å². The van der Waals surface area contributed by atoms with Crippen molar-refractivity contribution in [3.05, 3.63) is 65.5 Å². The number of carbonyl (C=O) groups excluding carboxylic acids is 2. The molecule has 1 aliphatic rings. The molecule has 1 unspecified atom stereocenters. The molecule has 1 fully saturated rings. The van der Waals surface area contributed by atoms with E-state index < -0.39 is 16.1 Å². The van der Waals surface area contributed by atoms with Gasteiger partial charge in [-0.05, 0) is 34.7 Å². The van der Waals surface area contributed by atoms with E-state index in [0.717, 1.165) is 16.3 Å². The average Bonchev–Trinajstić information content (AvgIpc) is 3.35. The van der Waals surface area contributed by atoms with Crippen LogP contribution in [0.15, 0.2) is 64.2 Å². The summed E-state index contributed by atoms with van der Waals surface area (Å²) in [6.07, 6.45) is 0.186. The van der Waals surface area contributed by atoms with Crippen molar-refractivity contribution in [2.75, 3.05) is 26.2 Å². The van der Waals surface area contributed by atoms with Crippen LogP contribution in [0.25, 0.3) is 10.8 Å². The van der Waals surface area contributed by atoms with Crippen LogP contribution in [0.2, 0.25) is 0 Å². The fourth-order valence-corrected chi connectivity index (χ4v) is 6.50. The molecular weight excluding hydrogens is 446 g/mol. The number of fused-ring (bicyclic) bond motifs is 1. The highest BCUT2D eigenvalue weighted by molar-refractivity contribution is 7.91. The predicted octanol–water partition coefficient (Wildman–Crippen LogP) is 2.48. The molecule has 0 bridgehead atoms. The van der Waals surface area contributed by atoms with Crippen molar-refractivity contribution in [3.8, 4) is 0 Å². The minimum absolute atomic E-state index is 0.186. The molecule has 2 aromatic carbocycles. The Kier molecular flexibility index (Phi) is 6.59. The van der Waals surface area contributed by atoms with Crippen LogP contribution in [-0.2, 0) is 26.0 Å². The van der Waals surface area contributed by atoms with Gasteiger partial charge < -0.3 is 10.2 Å². The molecule has 0 aliphatic carbocycles. The van der Waals surface area contributed by atoms with E-state index in [1.54, 1.807) is 29.3 Å². The third-order valence-corrected chi connectivity index (χ3v) is 8.89. The van der Waals surface area contributed by atoms with Crippen molar-refractivity contribution in [2.24, 2.45) is 0 Å². The molecular formula is C23H25N3O4S2. The Balaban J connectivity index is 1.33. The number of piperazine rings is 1. The Bertz CT molecular complexity index is 1210. The summed E-state index contributed by atoms with van der Waals surface area (Å²) in [6.45, 7) is 2.74. The minimum Gasteiger partial charge on any atom is -0.344 e. The first kappa shape index (κ1) is 22.4. The van der Waals surface area contributed by atoms with Gasteiger partial charge in [0.2, 0.25) is 11.8 Å². The van der Waals surface area contributed by atoms with Crippen LogP contribution in [0.3, 0.4) is 0 Å². The number of rotatable bonds is 6. The van der Waals surface area contributed by atoms with Gasteiger partial charge in [-0.3, -0.25) is 9.59 Å². The fraction of sp³-hybridized carbons (Fsp3) is 0.304. The van der Waals surface area contributed by atoms with Crippen molar-refractivity contribution in [3.63, 3.8) is 0 Å². The second kappa shape index (κ2) is 9.40. The second-order valence-corrected chi connectivity index (χ2v) is 10.9. The van der Waals surface area contributed by atoms with E-state index in [1.807, 2.05) is 42.5 Å². The summed E-state index contributed by atoms with van der Waals surface area (Å²) in [6, 6.07) is 16.3. The van der Waals surface area contributed by atoms with Gasteiger partial charge in [0.1, 0.15) is 10.3 Å². The summed E-state index contributed by atoms with van der Waals surface area (Å²) in [7, 11) is -3.52. The second-order valence-electron chi connectivity index (χ2n) is 7.77. The smallest absolute Gasteiger partial charge is 0.252 e. The summed E-state index contributed by atoms with van der Waals surface area (Å²) < 4.78 is 27.0. The molecule has 4 rings (SSSR count). The zero-order chi connectivity index (χ0) is 22.7. The average molecular weight is 472 g/mol. The summed E-state index contributed by atoms with van der Waals surface area (Å²) >= 11 is 1.19.